The van der Waals surface area contributed by atoms with Crippen molar-refractivity contribution in [2.24, 2.45) is 0 Å². The SMILES string of the molecule is CC[C@H](NO)c1ccc(C)cc1C. The third-order valence-electron chi connectivity index (χ3n) is 2.36. The van der Waals surface area contributed by atoms with Gasteiger partial charge in [0.25, 0.3) is 0 Å². The molecule has 0 saturated carbocycles. The van der Waals surface area contributed by atoms with Gasteiger partial charge in [-0.1, -0.05) is 30.7 Å². The molecule has 1 aromatic rings. The van der Waals surface area contributed by atoms with E-state index in [1.165, 1.54) is 16.7 Å². The van der Waals surface area contributed by atoms with E-state index in [0.29, 0.717) is 0 Å². The van der Waals surface area contributed by atoms with Gasteiger partial charge in [0.1, 0.15) is 0 Å². The Bertz CT molecular complexity index is 279. The second-order valence-electron chi connectivity index (χ2n) is 3.45. The van der Waals surface area contributed by atoms with E-state index in [4.69, 9.17) is 5.21 Å². The van der Waals surface area contributed by atoms with Crippen LogP contribution in [0.25, 0.3) is 0 Å². The molecule has 0 radical (unpaired) electrons. The van der Waals surface area contributed by atoms with Crippen LogP contribution < -0.4 is 5.48 Å². The van der Waals surface area contributed by atoms with Crippen LogP contribution in [-0.4, -0.2) is 5.21 Å². The average Bonchev–Trinajstić information content (AvgIpc) is 2.10. The Morgan fingerprint density at radius 3 is 2.54 bits per heavy atom. The van der Waals surface area contributed by atoms with Crippen molar-refractivity contribution in [1.82, 2.24) is 5.48 Å². The van der Waals surface area contributed by atoms with Crippen LogP contribution in [0.4, 0.5) is 0 Å². The van der Waals surface area contributed by atoms with Gasteiger partial charge in [-0.15, -0.1) is 0 Å². The molecule has 0 aliphatic carbocycles. The molecule has 0 aliphatic rings. The third-order valence-corrected chi connectivity index (χ3v) is 2.36. The number of rotatable bonds is 3. The van der Waals surface area contributed by atoms with Gasteiger partial charge < -0.3 is 5.21 Å². The summed E-state index contributed by atoms with van der Waals surface area (Å²) in [4.78, 5) is 0. The van der Waals surface area contributed by atoms with Gasteiger partial charge in [-0.25, -0.2) is 0 Å². The minimum atomic E-state index is 0.0561. The molecule has 13 heavy (non-hydrogen) atoms. The first-order valence-corrected chi connectivity index (χ1v) is 4.65. The fourth-order valence-corrected chi connectivity index (χ4v) is 1.60. The average molecular weight is 179 g/mol. The van der Waals surface area contributed by atoms with E-state index in [0.717, 1.165) is 6.42 Å². The highest BCUT2D eigenvalue weighted by Gasteiger charge is 2.09. The van der Waals surface area contributed by atoms with Gasteiger partial charge in [0.2, 0.25) is 0 Å². The lowest BCUT2D eigenvalue weighted by molar-refractivity contribution is 0.124. The topological polar surface area (TPSA) is 32.3 Å². The third kappa shape index (κ3) is 2.29. The molecule has 2 N–H and O–H groups in total. The second-order valence-corrected chi connectivity index (χ2v) is 3.45. The molecule has 0 saturated heterocycles. The van der Waals surface area contributed by atoms with Gasteiger partial charge in [-0.05, 0) is 31.4 Å². The molecular weight excluding hydrogens is 162 g/mol. The summed E-state index contributed by atoms with van der Waals surface area (Å²) < 4.78 is 0. The lowest BCUT2D eigenvalue weighted by Gasteiger charge is -2.15. The van der Waals surface area contributed by atoms with Crippen LogP contribution in [0, 0.1) is 13.8 Å². The summed E-state index contributed by atoms with van der Waals surface area (Å²) in [6, 6.07) is 6.33. The van der Waals surface area contributed by atoms with Gasteiger partial charge in [0, 0.05) is 0 Å². The van der Waals surface area contributed by atoms with E-state index >= 15 is 0 Å². The molecule has 2 nitrogen and oxygen atoms in total. The van der Waals surface area contributed by atoms with E-state index < -0.39 is 0 Å². The second kappa shape index (κ2) is 4.40. The molecule has 0 spiro atoms. The molecule has 0 heterocycles. The maximum atomic E-state index is 8.92. The summed E-state index contributed by atoms with van der Waals surface area (Å²) in [5.74, 6) is 0. The Balaban J connectivity index is 2.99. The van der Waals surface area contributed by atoms with Crippen molar-refractivity contribution >= 4 is 0 Å². The van der Waals surface area contributed by atoms with Crippen molar-refractivity contribution in [3.05, 3.63) is 34.9 Å². The number of hydrogen-bond donors (Lipinski definition) is 2. The van der Waals surface area contributed by atoms with E-state index in [9.17, 15) is 0 Å². The molecule has 72 valence electrons. The smallest absolute Gasteiger partial charge is 0.0568 e. The summed E-state index contributed by atoms with van der Waals surface area (Å²) in [7, 11) is 0. The van der Waals surface area contributed by atoms with Gasteiger partial charge >= 0.3 is 0 Å². The predicted molar refractivity (Wildman–Crippen MR) is 53.9 cm³/mol. The molecule has 0 fully saturated rings. The minimum absolute atomic E-state index is 0.0561. The van der Waals surface area contributed by atoms with E-state index in [1.807, 2.05) is 6.92 Å². The van der Waals surface area contributed by atoms with Gasteiger partial charge in [-0.3, -0.25) is 0 Å². The predicted octanol–water partition coefficient (Wildman–Crippen LogP) is 2.73. The standard InChI is InChI=1S/C11H17NO/c1-4-11(12-13)10-6-5-8(2)7-9(10)3/h5-7,11-13H,4H2,1-3H3/t11-/m0/s1. The number of hydrogen-bond acceptors (Lipinski definition) is 2. The number of hydroxylamine groups is 1. The first kappa shape index (κ1) is 10.2. The van der Waals surface area contributed by atoms with Crippen LogP contribution in [0.5, 0.6) is 0 Å². The van der Waals surface area contributed by atoms with Crippen molar-refractivity contribution < 1.29 is 5.21 Å². The van der Waals surface area contributed by atoms with Crippen LogP contribution in [0.2, 0.25) is 0 Å². The molecule has 1 aromatic carbocycles. The molecule has 1 rings (SSSR count). The van der Waals surface area contributed by atoms with Crippen molar-refractivity contribution in [3.63, 3.8) is 0 Å². The Morgan fingerprint density at radius 2 is 2.08 bits per heavy atom. The maximum absolute atomic E-state index is 8.92. The summed E-state index contributed by atoms with van der Waals surface area (Å²) in [5, 5.41) is 8.92. The molecule has 0 bridgehead atoms. The number of nitrogens with one attached hydrogen (secondary N) is 1. The fraction of sp³-hybridized carbons (Fsp3) is 0.455. The van der Waals surface area contributed by atoms with E-state index in [1.54, 1.807) is 0 Å². The molecule has 0 unspecified atom stereocenters. The monoisotopic (exact) mass is 179 g/mol. The van der Waals surface area contributed by atoms with Crippen LogP contribution in [0.3, 0.4) is 0 Å². The van der Waals surface area contributed by atoms with Crippen LogP contribution in [-0.2, 0) is 0 Å². The summed E-state index contributed by atoms with van der Waals surface area (Å²) >= 11 is 0. The van der Waals surface area contributed by atoms with Crippen molar-refractivity contribution in [2.75, 3.05) is 0 Å². The van der Waals surface area contributed by atoms with Gasteiger partial charge in [0.05, 0.1) is 6.04 Å². The van der Waals surface area contributed by atoms with Gasteiger partial charge in [0.15, 0.2) is 0 Å². The molecule has 0 aromatic heterocycles. The maximum Gasteiger partial charge on any atom is 0.0568 e. The largest absolute Gasteiger partial charge is 0.316 e. The number of benzene rings is 1. The zero-order chi connectivity index (χ0) is 9.84. The molecule has 0 amide bonds. The van der Waals surface area contributed by atoms with Crippen LogP contribution in [0.15, 0.2) is 18.2 Å². The highest BCUT2D eigenvalue weighted by molar-refractivity contribution is 5.32. The number of aryl methyl sites for hydroxylation is 2. The minimum Gasteiger partial charge on any atom is -0.316 e. The first-order valence-electron chi connectivity index (χ1n) is 4.65. The van der Waals surface area contributed by atoms with E-state index in [-0.39, 0.29) is 6.04 Å². The Labute approximate surface area is 79.6 Å². The Morgan fingerprint density at radius 1 is 1.38 bits per heavy atom. The summed E-state index contributed by atoms with van der Waals surface area (Å²) in [6.07, 6.45) is 0.889. The highest BCUT2D eigenvalue weighted by atomic mass is 16.5. The quantitative estimate of drug-likeness (QED) is 0.699. The zero-order valence-corrected chi connectivity index (χ0v) is 8.46. The molecule has 2 heteroatoms. The lowest BCUT2D eigenvalue weighted by atomic mass is 9.98. The molecular formula is C11H17NO. The molecule has 1 atom stereocenters. The van der Waals surface area contributed by atoms with Crippen molar-refractivity contribution in [2.45, 2.75) is 33.2 Å². The van der Waals surface area contributed by atoms with Gasteiger partial charge in [-0.2, -0.15) is 5.48 Å². The Kier molecular flexibility index (Phi) is 3.46. The summed E-state index contributed by atoms with van der Waals surface area (Å²) in [6.45, 7) is 6.19. The fourth-order valence-electron chi connectivity index (χ4n) is 1.60. The molecule has 0 aliphatic heterocycles. The zero-order valence-electron chi connectivity index (χ0n) is 8.46. The van der Waals surface area contributed by atoms with Crippen molar-refractivity contribution in [1.29, 1.82) is 0 Å². The Hall–Kier alpha value is -0.860. The first-order chi connectivity index (χ1) is 6.19. The van der Waals surface area contributed by atoms with Crippen LogP contribution >= 0.6 is 0 Å². The van der Waals surface area contributed by atoms with Crippen LogP contribution in [0.1, 0.15) is 36.1 Å². The van der Waals surface area contributed by atoms with E-state index in [2.05, 4.69) is 37.5 Å². The van der Waals surface area contributed by atoms with Crippen molar-refractivity contribution in [3.8, 4) is 0 Å². The highest BCUT2D eigenvalue weighted by Crippen LogP contribution is 2.20. The summed E-state index contributed by atoms with van der Waals surface area (Å²) in [5.41, 5.74) is 5.99. The normalized spacial score (nSPS) is 12.9. The lowest BCUT2D eigenvalue weighted by Crippen LogP contribution is -2.17.